The summed E-state index contributed by atoms with van der Waals surface area (Å²) in [7, 11) is 0. The molecule has 2 N–H and O–H groups in total. The maximum Gasteiger partial charge on any atom is 0.181 e. The van der Waals surface area contributed by atoms with E-state index >= 15 is 0 Å². The van der Waals surface area contributed by atoms with Crippen molar-refractivity contribution in [3.8, 4) is 5.75 Å². The van der Waals surface area contributed by atoms with Crippen molar-refractivity contribution in [3.05, 3.63) is 54.6 Å². The summed E-state index contributed by atoms with van der Waals surface area (Å²) >= 11 is 0. The van der Waals surface area contributed by atoms with E-state index < -0.39 is 5.72 Å². The van der Waals surface area contributed by atoms with Gasteiger partial charge in [0.2, 0.25) is 0 Å². The first-order chi connectivity index (χ1) is 6.79. The summed E-state index contributed by atoms with van der Waals surface area (Å²) in [6.07, 6.45) is 8.47. The van der Waals surface area contributed by atoms with Crippen molar-refractivity contribution in [1.82, 2.24) is 0 Å². The first-order valence-electron chi connectivity index (χ1n) is 4.66. The van der Waals surface area contributed by atoms with Crippen LogP contribution in [0.2, 0.25) is 0 Å². The smallest absolute Gasteiger partial charge is 0.181 e. The zero-order chi connectivity index (χ0) is 9.86. The van der Waals surface area contributed by atoms with Crippen LogP contribution < -0.4 is 10.5 Å². The summed E-state index contributed by atoms with van der Waals surface area (Å²) in [5.41, 5.74) is 5.35. The zero-order valence-corrected chi connectivity index (χ0v) is 7.89. The first-order valence-corrected chi connectivity index (χ1v) is 4.66. The highest BCUT2D eigenvalue weighted by Crippen LogP contribution is 2.20. The molecule has 1 aliphatic rings. The number of allylic oxidation sites excluding steroid dienone is 2. The molecule has 0 saturated heterocycles. The normalized spacial score (nSPS) is 24.9. The van der Waals surface area contributed by atoms with Crippen molar-refractivity contribution in [2.45, 2.75) is 12.1 Å². The molecule has 1 atom stereocenters. The van der Waals surface area contributed by atoms with Gasteiger partial charge in [-0.05, 0) is 18.2 Å². The Bertz CT molecular complexity index is 356. The minimum atomic E-state index is -0.684. The van der Waals surface area contributed by atoms with Crippen molar-refractivity contribution < 1.29 is 4.74 Å². The van der Waals surface area contributed by atoms with Crippen LogP contribution in [0.4, 0.5) is 0 Å². The van der Waals surface area contributed by atoms with E-state index in [9.17, 15) is 0 Å². The van der Waals surface area contributed by atoms with Gasteiger partial charge in [-0.25, -0.2) is 0 Å². The van der Waals surface area contributed by atoms with Gasteiger partial charge in [0.1, 0.15) is 5.75 Å². The fraction of sp³-hybridized carbons (Fsp3) is 0.167. The van der Waals surface area contributed by atoms with Crippen LogP contribution in [0, 0.1) is 0 Å². The summed E-state index contributed by atoms with van der Waals surface area (Å²) in [4.78, 5) is 0. The zero-order valence-electron chi connectivity index (χ0n) is 7.89. The SMILES string of the molecule is NC1(Oc2ccccc2)C=CC=CC1. The second-order valence-corrected chi connectivity index (χ2v) is 3.36. The van der Waals surface area contributed by atoms with E-state index in [2.05, 4.69) is 0 Å². The minimum Gasteiger partial charge on any atom is -0.469 e. The Morgan fingerprint density at radius 1 is 1.14 bits per heavy atom. The Hall–Kier alpha value is -1.54. The van der Waals surface area contributed by atoms with Gasteiger partial charge in [0.25, 0.3) is 0 Å². The van der Waals surface area contributed by atoms with Crippen molar-refractivity contribution in [3.63, 3.8) is 0 Å². The first kappa shape index (κ1) is 9.03. The third kappa shape index (κ3) is 2.03. The van der Waals surface area contributed by atoms with Gasteiger partial charge in [-0.2, -0.15) is 0 Å². The molecule has 1 unspecified atom stereocenters. The maximum atomic E-state index is 6.03. The second kappa shape index (κ2) is 3.68. The monoisotopic (exact) mass is 187 g/mol. The van der Waals surface area contributed by atoms with Crippen LogP contribution in [-0.4, -0.2) is 5.72 Å². The van der Waals surface area contributed by atoms with Gasteiger partial charge in [-0.15, -0.1) is 0 Å². The van der Waals surface area contributed by atoms with Crippen LogP contribution in [-0.2, 0) is 0 Å². The molecule has 72 valence electrons. The molecule has 1 aromatic carbocycles. The second-order valence-electron chi connectivity index (χ2n) is 3.36. The van der Waals surface area contributed by atoms with Gasteiger partial charge >= 0.3 is 0 Å². The van der Waals surface area contributed by atoms with Crippen molar-refractivity contribution in [2.75, 3.05) is 0 Å². The topological polar surface area (TPSA) is 35.2 Å². The van der Waals surface area contributed by atoms with Gasteiger partial charge in [0, 0.05) is 6.42 Å². The lowest BCUT2D eigenvalue weighted by Crippen LogP contribution is -2.44. The van der Waals surface area contributed by atoms with E-state index in [1.807, 2.05) is 54.6 Å². The summed E-state index contributed by atoms with van der Waals surface area (Å²) in [6.45, 7) is 0. The highest BCUT2D eigenvalue weighted by Gasteiger charge is 2.23. The fourth-order valence-electron chi connectivity index (χ4n) is 1.40. The molecule has 0 bridgehead atoms. The molecule has 0 aromatic heterocycles. The Morgan fingerprint density at radius 2 is 1.93 bits per heavy atom. The number of nitrogens with two attached hydrogens (primary N) is 1. The van der Waals surface area contributed by atoms with Crippen LogP contribution in [0.3, 0.4) is 0 Å². The lowest BCUT2D eigenvalue weighted by Gasteiger charge is -2.27. The average Bonchev–Trinajstić information content (AvgIpc) is 2.19. The summed E-state index contributed by atoms with van der Waals surface area (Å²) in [6, 6.07) is 9.62. The number of para-hydroxylation sites is 1. The number of hydrogen-bond acceptors (Lipinski definition) is 2. The molecular weight excluding hydrogens is 174 g/mol. The highest BCUT2D eigenvalue weighted by atomic mass is 16.5. The summed E-state index contributed by atoms with van der Waals surface area (Å²) in [5, 5.41) is 0. The predicted molar refractivity (Wildman–Crippen MR) is 56.9 cm³/mol. The molecular formula is C12H13NO. The van der Waals surface area contributed by atoms with E-state index in [4.69, 9.17) is 10.5 Å². The number of ether oxygens (including phenoxy) is 1. The number of benzene rings is 1. The molecule has 0 saturated carbocycles. The summed E-state index contributed by atoms with van der Waals surface area (Å²) < 4.78 is 5.68. The van der Waals surface area contributed by atoms with Gasteiger partial charge < -0.3 is 4.74 Å². The van der Waals surface area contributed by atoms with Gasteiger partial charge in [-0.3, -0.25) is 5.73 Å². The average molecular weight is 187 g/mol. The molecule has 0 radical (unpaired) electrons. The molecule has 1 aromatic rings. The Labute approximate surface area is 83.7 Å². The van der Waals surface area contributed by atoms with Crippen molar-refractivity contribution in [2.24, 2.45) is 5.73 Å². The highest BCUT2D eigenvalue weighted by molar-refractivity contribution is 5.25. The standard InChI is InChI=1S/C12H13NO/c13-12(9-5-2-6-10-12)14-11-7-3-1-4-8-11/h1-9H,10,13H2. The molecule has 2 heteroatoms. The summed E-state index contributed by atoms with van der Waals surface area (Å²) in [5.74, 6) is 0.801. The number of hydrogen-bond donors (Lipinski definition) is 1. The largest absolute Gasteiger partial charge is 0.469 e. The van der Waals surface area contributed by atoms with E-state index in [0.29, 0.717) is 6.42 Å². The van der Waals surface area contributed by atoms with Gasteiger partial charge in [-0.1, -0.05) is 36.4 Å². The quantitative estimate of drug-likeness (QED) is 0.720. The Balaban J connectivity index is 2.11. The van der Waals surface area contributed by atoms with Crippen LogP contribution in [0.15, 0.2) is 54.6 Å². The van der Waals surface area contributed by atoms with Crippen LogP contribution in [0.25, 0.3) is 0 Å². The van der Waals surface area contributed by atoms with Crippen LogP contribution in [0.1, 0.15) is 6.42 Å². The molecule has 0 aliphatic heterocycles. The maximum absolute atomic E-state index is 6.03. The van der Waals surface area contributed by atoms with Crippen LogP contribution in [0.5, 0.6) is 5.75 Å². The molecule has 14 heavy (non-hydrogen) atoms. The Morgan fingerprint density at radius 3 is 2.57 bits per heavy atom. The van der Waals surface area contributed by atoms with Crippen molar-refractivity contribution in [1.29, 1.82) is 0 Å². The molecule has 0 heterocycles. The molecule has 0 amide bonds. The Kier molecular flexibility index (Phi) is 2.37. The van der Waals surface area contributed by atoms with E-state index in [1.54, 1.807) is 0 Å². The van der Waals surface area contributed by atoms with Gasteiger partial charge in [0.15, 0.2) is 5.72 Å². The lowest BCUT2D eigenvalue weighted by atomic mass is 10.1. The number of rotatable bonds is 2. The lowest BCUT2D eigenvalue weighted by molar-refractivity contribution is 0.129. The predicted octanol–water partition coefficient (Wildman–Crippen LogP) is 2.24. The molecule has 0 fully saturated rings. The van der Waals surface area contributed by atoms with Crippen LogP contribution >= 0.6 is 0 Å². The third-order valence-electron chi connectivity index (χ3n) is 2.11. The van der Waals surface area contributed by atoms with Gasteiger partial charge in [0.05, 0.1) is 0 Å². The molecule has 1 aliphatic carbocycles. The minimum absolute atomic E-state index is 0.684. The molecule has 0 spiro atoms. The van der Waals surface area contributed by atoms with Crippen molar-refractivity contribution >= 4 is 0 Å². The molecule has 2 nitrogen and oxygen atoms in total. The van der Waals surface area contributed by atoms with E-state index in [0.717, 1.165) is 5.75 Å². The third-order valence-corrected chi connectivity index (χ3v) is 2.11. The van der Waals surface area contributed by atoms with E-state index in [1.165, 1.54) is 0 Å². The molecule has 2 rings (SSSR count). The fourth-order valence-corrected chi connectivity index (χ4v) is 1.40. The van der Waals surface area contributed by atoms with E-state index in [-0.39, 0.29) is 0 Å².